The van der Waals surface area contributed by atoms with Crippen molar-refractivity contribution in [3.63, 3.8) is 0 Å². The Hall–Kier alpha value is -2.73. The lowest BCUT2D eigenvalue weighted by molar-refractivity contribution is -0.118. The van der Waals surface area contributed by atoms with Crippen molar-refractivity contribution in [1.82, 2.24) is 5.32 Å². The predicted octanol–water partition coefficient (Wildman–Crippen LogP) is 5.31. The van der Waals surface area contributed by atoms with Crippen LogP contribution < -0.4 is 24.8 Å². The highest BCUT2D eigenvalue weighted by Gasteiger charge is 2.13. The molecule has 0 atom stereocenters. The Morgan fingerprint density at radius 3 is 2.34 bits per heavy atom. The van der Waals surface area contributed by atoms with Crippen LogP contribution in [0.1, 0.15) is 57.4 Å². The summed E-state index contributed by atoms with van der Waals surface area (Å²) in [6, 6.07) is 13.7. The van der Waals surface area contributed by atoms with Crippen LogP contribution in [0.25, 0.3) is 0 Å². The highest BCUT2D eigenvalue weighted by molar-refractivity contribution is 5.91. The van der Waals surface area contributed by atoms with Gasteiger partial charge in [0.1, 0.15) is 5.75 Å². The van der Waals surface area contributed by atoms with Gasteiger partial charge >= 0.3 is 0 Å². The first-order chi connectivity index (χ1) is 15.7. The summed E-state index contributed by atoms with van der Waals surface area (Å²) in [5.74, 6) is 1.76. The fourth-order valence-electron chi connectivity index (χ4n) is 3.99. The third-order valence-corrected chi connectivity index (χ3v) is 5.74. The number of nitrogens with one attached hydrogen (secondary N) is 2. The normalized spacial score (nSPS) is 14.8. The molecule has 6 nitrogen and oxygen atoms in total. The van der Waals surface area contributed by atoms with Gasteiger partial charge in [0.25, 0.3) is 5.91 Å². The number of rotatable bonds is 10. The topological polar surface area (TPSA) is 68.8 Å². The number of amides is 1. The Morgan fingerprint density at radius 1 is 0.938 bits per heavy atom. The van der Waals surface area contributed by atoms with E-state index in [2.05, 4.69) is 10.6 Å². The lowest BCUT2D eigenvalue weighted by atomic mass is 9.96. The van der Waals surface area contributed by atoms with Crippen molar-refractivity contribution in [3.8, 4) is 17.2 Å². The first-order valence-electron chi connectivity index (χ1n) is 11.7. The van der Waals surface area contributed by atoms with E-state index >= 15 is 0 Å². The highest BCUT2D eigenvalue weighted by Crippen LogP contribution is 2.29. The molecule has 2 aromatic rings. The van der Waals surface area contributed by atoms with Gasteiger partial charge in [-0.1, -0.05) is 38.2 Å². The molecule has 0 spiro atoms. The number of anilines is 1. The summed E-state index contributed by atoms with van der Waals surface area (Å²) in [5.41, 5.74) is 1.85. The van der Waals surface area contributed by atoms with Crippen LogP contribution in [-0.4, -0.2) is 32.3 Å². The molecule has 6 heteroatoms. The van der Waals surface area contributed by atoms with E-state index in [1.54, 1.807) is 31.4 Å². The maximum absolute atomic E-state index is 12.3. The summed E-state index contributed by atoms with van der Waals surface area (Å²) in [6.45, 7) is 3.20. The van der Waals surface area contributed by atoms with Gasteiger partial charge in [0, 0.05) is 18.3 Å². The lowest BCUT2D eigenvalue weighted by Gasteiger charge is -2.21. The summed E-state index contributed by atoms with van der Waals surface area (Å²) in [7, 11) is 1.61. The summed E-state index contributed by atoms with van der Waals surface area (Å²) in [4.78, 5) is 12.3. The van der Waals surface area contributed by atoms with Crippen molar-refractivity contribution < 1.29 is 19.0 Å². The van der Waals surface area contributed by atoms with Crippen molar-refractivity contribution in [2.75, 3.05) is 25.6 Å². The van der Waals surface area contributed by atoms with Crippen LogP contribution >= 0.6 is 0 Å². The molecule has 0 saturated heterocycles. The molecule has 1 aliphatic rings. The van der Waals surface area contributed by atoms with Gasteiger partial charge in [0.05, 0.1) is 13.7 Å². The zero-order chi connectivity index (χ0) is 22.6. The highest BCUT2D eigenvalue weighted by atomic mass is 16.5. The Morgan fingerprint density at radius 2 is 1.66 bits per heavy atom. The SMILES string of the molecule is CCOc1cc(CNC2CCCCCCC2)ccc1OCC(=O)Nc1ccc(OC)cc1. The number of hydrogen-bond donors (Lipinski definition) is 2. The minimum absolute atomic E-state index is 0.0915. The second-order valence-corrected chi connectivity index (χ2v) is 8.20. The van der Waals surface area contributed by atoms with Gasteiger partial charge in [-0.2, -0.15) is 0 Å². The molecule has 0 aliphatic heterocycles. The summed E-state index contributed by atoms with van der Waals surface area (Å²) < 4.78 is 16.7. The van der Waals surface area contributed by atoms with E-state index in [9.17, 15) is 4.79 Å². The number of methoxy groups -OCH3 is 1. The number of benzene rings is 2. The molecule has 0 radical (unpaired) electrons. The molecule has 2 aromatic carbocycles. The van der Waals surface area contributed by atoms with Crippen molar-refractivity contribution in [3.05, 3.63) is 48.0 Å². The molecule has 1 aliphatic carbocycles. The van der Waals surface area contributed by atoms with E-state index in [1.165, 1.54) is 44.9 Å². The molecule has 0 heterocycles. The van der Waals surface area contributed by atoms with Crippen molar-refractivity contribution in [2.45, 2.75) is 64.5 Å². The fraction of sp³-hybridized carbons (Fsp3) is 0.500. The molecular weight excluding hydrogens is 404 g/mol. The molecule has 1 fully saturated rings. The smallest absolute Gasteiger partial charge is 0.262 e. The molecule has 1 amide bonds. The van der Waals surface area contributed by atoms with Crippen molar-refractivity contribution >= 4 is 11.6 Å². The average Bonchev–Trinajstić information content (AvgIpc) is 2.78. The Kier molecular flexibility index (Phi) is 9.69. The lowest BCUT2D eigenvalue weighted by Crippen LogP contribution is -2.29. The number of hydrogen-bond acceptors (Lipinski definition) is 5. The fourth-order valence-corrected chi connectivity index (χ4v) is 3.99. The molecule has 174 valence electrons. The molecule has 0 aromatic heterocycles. The minimum Gasteiger partial charge on any atom is -0.497 e. The molecular formula is C26H36N2O4. The summed E-state index contributed by atoms with van der Waals surface area (Å²) in [6.07, 6.45) is 9.21. The van der Waals surface area contributed by atoms with Gasteiger partial charge in [-0.15, -0.1) is 0 Å². The third-order valence-electron chi connectivity index (χ3n) is 5.74. The van der Waals surface area contributed by atoms with Crippen LogP contribution in [0.2, 0.25) is 0 Å². The second kappa shape index (κ2) is 13.0. The largest absolute Gasteiger partial charge is 0.497 e. The van der Waals surface area contributed by atoms with E-state index < -0.39 is 0 Å². The Labute approximate surface area is 191 Å². The van der Waals surface area contributed by atoms with E-state index in [0.29, 0.717) is 29.8 Å². The predicted molar refractivity (Wildman–Crippen MR) is 128 cm³/mol. The number of ether oxygens (including phenoxy) is 3. The minimum atomic E-state index is -0.229. The van der Waals surface area contributed by atoms with Crippen molar-refractivity contribution in [2.24, 2.45) is 0 Å². The first-order valence-corrected chi connectivity index (χ1v) is 11.7. The molecule has 0 bridgehead atoms. The van der Waals surface area contributed by atoms with Crippen LogP contribution in [0.5, 0.6) is 17.2 Å². The van der Waals surface area contributed by atoms with Gasteiger partial charge in [-0.05, 0) is 61.7 Å². The number of carbonyl (C=O) groups is 1. The van der Waals surface area contributed by atoms with E-state index in [-0.39, 0.29) is 12.5 Å². The molecule has 2 N–H and O–H groups in total. The third kappa shape index (κ3) is 7.75. The van der Waals surface area contributed by atoms with E-state index in [1.807, 2.05) is 25.1 Å². The van der Waals surface area contributed by atoms with Crippen LogP contribution in [0.3, 0.4) is 0 Å². The summed E-state index contributed by atoms with van der Waals surface area (Å²) >= 11 is 0. The number of carbonyl (C=O) groups excluding carboxylic acids is 1. The standard InChI is InChI=1S/C26H36N2O4/c1-3-31-25-17-20(18-27-21-9-7-5-4-6-8-10-21)11-16-24(25)32-19-26(29)28-22-12-14-23(30-2)15-13-22/h11-17,21,27H,3-10,18-19H2,1-2H3,(H,28,29). The zero-order valence-electron chi connectivity index (χ0n) is 19.3. The second-order valence-electron chi connectivity index (χ2n) is 8.20. The van der Waals surface area contributed by atoms with Gasteiger partial charge in [0.15, 0.2) is 18.1 Å². The Balaban J connectivity index is 1.53. The van der Waals surface area contributed by atoms with Crippen LogP contribution in [0, 0.1) is 0 Å². The van der Waals surface area contributed by atoms with Gasteiger partial charge < -0.3 is 24.8 Å². The van der Waals surface area contributed by atoms with E-state index in [4.69, 9.17) is 14.2 Å². The van der Waals surface area contributed by atoms with Gasteiger partial charge in [0.2, 0.25) is 0 Å². The molecule has 3 rings (SSSR count). The quantitative estimate of drug-likeness (QED) is 0.524. The van der Waals surface area contributed by atoms with Crippen molar-refractivity contribution in [1.29, 1.82) is 0 Å². The Bertz CT molecular complexity index is 830. The maximum atomic E-state index is 12.3. The summed E-state index contributed by atoms with van der Waals surface area (Å²) in [5, 5.41) is 6.53. The molecule has 32 heavy (non-hydrogen) atoms. The maximum Gasteiger partial charge on any atom is 0.262 e. The van der Waals surface area contributed by atoms with Gasteiger partial charge in [-0.25, -0.2) is 0 Å². The van der Waals surface area contributed by atoms with Crippen LogP contribution in [-0.2, 0) is 11.3 Å². The first kappa shape index (κ1) is 23.9. The zero-order valence-corrected chi connectivity index (χ0v) is 19.3. The molecule has 1 saturated carbocycles. The van der Waals surface area contributed by atoms with Crippen LogP contribution in [0.4, 0.5) is 5.69 Å². The van der Waals surface area contributed by atoms with Crippen LogP contribution in [0.15, 0.2) is 42.5 Å². The van der Waals surface area contributed by atoms with Gasteiger partial charge in [-0.3, -0.25) is 4.79 Å². The van der Waals surface area contributed by atoms with E-state index in [0.717, 1.165) is 17.9 Å². The monoisotopic (exact) mass is 440 g/mol. The molecule has 0 unspecified atom stereocenters. The average molecular weight is 441 g/mol.